The molecule has 0 fully saturated rings. The van der Waals surface area contributed by atoms with Crippen molar-refractivity contribution < 1.29 is 9.21 Å². The van der Waals surface area contributed by atoms with Gasteiger partial charge in [0.25, 0.3) is 5.91 Å². The summed E-state index contributed by atoms with van der Waals surface area (Å²) in [5.41, 5.74) is 0.865. The minimum absolute atomic E-state index is 0.0322. The van der Waals surface area contributed by atoms with E-state index in [2.05, 4.69) is 10.3 Å². The van der Waals surface area contributed by atoms with Crippen molar-refractivity contribution in [1.82, 2.24) is 10.3 Å². The van der Waals surface area contributed by atoms with Crippen LogP contribution in [0.5, 0.6) is 0 Å². The van der Waals surface area contributed by atoms with Gasteiger partial charge in [-0.1, -0.05) is 6.07 Å². The van der Waals surface area contributed by atoms with E-state index in [-0.39, 0.29) is 5.91 Å². The van der Waals surface area contributed by atoms with E-state index < -0.39 is 0 Å². The van der Waals surface area contributed by atoms with Crippen LogP contribution in [0.25, 0.3) is 0 Å². The molecule has 0 bridgehead atoms. The summed E-state index contributed by atoms with van der Waals surface area (Å²) < 4.78 is 5.07. The van der Waals surface area contributed by atoms with Crippen molar-refractivity contribution in [3.8, 4) is 0 Å². The largest absolute Gasteiger partial charge is 0.449 e. The first-order valence-corrected chi connectivity index (χ1v) is 5.86. The molecule has 5 heteroatoms. The molecule has 84 valence electrons. The Kier molecular flexibility index (Phi) is 3.36. The van der Waals surface area contributed by atoms with Gasteiger partial charge in [0.2, 0.25) is 0 Å². The van der Waals surface area contributed by atoms with Gasteiger partial charge in [0.1, 0.15) is 6.26 Å². The summed E-state index contributed by atoms with van der Waals surface area (Å²) >= 11 is 1.44. The molecule has 2 aromatic heterocycles. The molecule has 0 aromatic carbocycles. The Bertz CT molecular complexity index is 462. The van der Waals surface area contributed by atoms with Gasteiger partial charge < -0.3 is 9.73 Å². The summed E-state index contributed by atoms with van der Waals surface area (Å²) in [6.07, 6.45) is 2.31. The SMILES string of the molecule is Cc1nc(CCNC(=O)c2cccs2)co1. The third-order valence-corrected chi connectivity index (χ3v) is 2.95. The van der Waals surface area contributed by atoms with E-state index >= 15 is 0 Å². The van der Waals surface area contributed by atoms with Crippen LogP contribution in [-0.2, 0) is 6.42 Å². The fraction of sp³-hybridized carbons (Fsp3) is 0.273. The predicted octanol–water partition coefficient (Wildman–Crippen LogP) is 2.02. The minimum Gasteiger partial charge on any atom is -0.449 e. The van der Waals surface area contributed by atoms with Gasteiger partial charge >= 0.3 is 0 Å². The molecule has 1 amide bonds. The van der Waals surface area contributed by atoms with Gasteiger partial charge in [0, 0.05) is 19.9 Å². The molecule has 0 radical (unpaired) electrons. The van der Waals surface area contributed by atoms with Crippen molar-refractivity contribution in [1.29, 1.82) is 0 Å². The predicted molar refractivity (Wildman–Crippen MR) is 61.6 cm³/mol. The lowest BCUT2D eigenvalue weighted by Crippen LogP contribution is -2.24. The highest BCUT2D eigenvalue weighted by molar-refractivity contribution is 7.12. The Morgan fingerprint density at radius 3 is 3.12 bits per heavy atom. The van der Waals surface area contributed by atoms with Crippen LogP contribution in [-0.4, -0.2) is 17.4 Å². The minimum atomic E-state index is -0.0322. The normalized spacial score (nSPS) is 10.3. The van der Waals surface area contributed by atoms with Crippen molar-refractivity contribution >= 4 is 17.2 Å². The van der Waals surface area contributed by atoms with Crippen LogP contribution in [0.1, 0.15) is 21.3 Å². The van der Waals surface area contributed by atoms with Gasteiger partial charge in [-0.05, 0) is 11.4 Å². The van der Waals surface area contributed by atoms with Crippen molar-refractivity contribution in [2.75, 3.05) is 6.54 Å². The van der Waals surface area contributed by atoms with Crippen molar-refractivity contribution in [2.45, 2.75) is 13.3 Å². The fourth-order valence-corrected chi connectivity index (χ4v) is 1.96. The monoisotopic (exact) mass is 236 g/mol. The number of amides is 1. The van der Waals surface area contributed by atoms with E-state index in [4.69, 9.17) is 4.42 Å². The van der Waals surface area contributed by atoms with Crippen LogP contribution in [0, 0.1) is 6.92 Å². The highest BCUT2D eigenvalue weighted by Gasteiger charge is 2.06. The number of rotatable bonds is 4. The standard InChI is InChI=1S/C11H12N2O2S/c1-8-13-9(7-15-8)4-5-12-11(14)10-3-2-6-16-10/h2-3,6-7H,4-5H2,1H3,(H,12,14). The van der Waals surface area contributed by atoms with E-state index in [1.807, 2.05) is 11.4 Å². The first-order chi connectivity index (χ1) is 7.75. The maximum Gasteiger partial charge on any atom is 0.261 e. The highest BCUT2D eigenvalue weighted by Crippen LogP contribution is 2.07. The molecule has 0 saturated heterocycles. The molecule has 2 heterocycles. The maximum atomic E-state index is 11.6. The van der Waals surface area contributed by atoms with E-state index in [9.17, 15) is 4.79 Å². The van der Waals surface area contributed by atoms with E-state index in [1.165, 1.54) is 11.3 Å². The topological polar surface area (TPSA) is 55.1 Å². The van der Waals surface area contributed by atoms with Gasteiger partial charge in [0.05, 0.1) is 10.6 Å². The molecule has 2 rings (SSSR count). The Balaban J connectivity index is 1.78. The number of oxazole rings is 1. The third kappa shape index (κ3) is 2.70. The van der Waals surface area contributed by atoms with E-state index in [1.54, 1.807) is 19.3 Å². The summed E-state index contributed by atoms with van der Waals surface area (Å²) in [5.74, 6) is 0.620. The molecule has 4 nitrogen and oxygen atoms in total. The van der Waals surface area contributed by atoms with Crippen molar-refractivity contribution in [3.05, 3.63) is 40.2 Å². The lowest BCUT2D eigenvalue weighted by atomic mass is 10.3. The molecular formula is C11H12N2O2S. The highest BCUT2D eigenvalue weighted by atomic mass is 32.1. The van der Waals surface area contributed by atoms with Crippen LogP contribution in [0.15, 0.2) is 28.2 Å². The second kappa shape index (κ2) is 4.94. The number of aromatic nitrogens is 1. The zero-order chi connectivity index (χ0) is 11.4. The van der Waals surface area contributed by atoms with Gasteiger partial charge in [0.15, 0.2) is 5.89 Å². The number of carbonyl (C=O) groups is 1. The van der Waals surface area contributed by atoms with Gasteiger partial charge in [-0.15, -0.1) is 11.3 Å². The van der Waals surface area contributed by atoms with Gasteiger partial charge in [-0.3, -0.25) is 4.79 Å². The summed E-state index contributed by atoms with van der Waals surface area (Å²) in [7, 11) is 0. The summed E-state index contributed by atoms with van der Waals surface area (Å²) in [5, 5.41) is 4.72. The number of nitrogens with one attached hydrogen (secondary N) is 1. The molecule has 0 atom stereocenters. The Morgan fingerprint density at radius 1 is 1.62 bits per heavy atom. The van der Waals surface area contributed by atoms with Crippen LogP contribution in [0.3, 0.4) is 0 Å². The number of nitrogens with zero attached hydrogens (tertiary/aromatic N) is 1. The molecular weight excluding hydrogens is 224 g/mol. The zero-order valence-corrected chi connectivity index (χ0v) is 9.71. The second-order valence-electron chi connectivity index (χ2n) is 3.34. The summed E-state index contributed by atoms with van der Waals surface area (Å²) in [6.45, 7) is 2.37. The molecule has 0 unspecified atom stereocenters. The first-order valence-electron chi connectivity index (χ1n) is 4.98. The molecule has 16 heavy (non-hydrogen) atoms. The van der Waals surface area contributed by atoms with Crippen LogP contribution in [0.2, 0.25) is 0 Å². The van der Waals surface area contributed by atoms with E-state index in [0.717, 1.165) is 10.6 Å². The lowest BCUT2D eigenvalue weighted by Gasteiger charge is -2.00. The first kappa shape index (κ1) is 10.9. The molecule has 0 aliphatic heterocycles. The molecule has 0 aliphatic carbocycles. The van der Waals surface area contributed by atoms with Crippen molar-refractivity contribution in [3.63, 3.8) is 0 Å². The molecule has 0 aliphatic rings. The summed E-state index contributed by atoms with van der Waals surface area (Å²) in [4.78, 5) is 16.4. The Hall–Kier alpha value is -1.62. The second-order valence-corrected chi connectivity index (χ2v) is 4.29. The summed E-state index contributed by atoms with van der Waals surface area (Å²) in [6, 6.07) is 3.67. The van der Waals surface area contributed by atoms with Crippen LogP contribution < -0.4 is 5.32 Å². The lowest BCUT2D eigenvalue weighted by molar-refractivity contribution is 0.0958. The number of hydrogen-bond acceptors (Lipinski definition) is 4. The average Bonchev–Trinajstić information content (AvgIpc) is 2.89. The van der Waals surface area contributed by atoms with Gasteiger partial charge in [-0.2, -0.15) is 0 Å². The number of carbonyl (C=O) groups excluding carboxylic acids is 1. The van der Waals surface area contributed by atoms with Crippen LogP contribution in [0.4, 0.5) is 0 Å². The van der Waals surface area contributed by atoms with Crippen molar-refractivity contribution in [2.24, 2.45) is 0 Å². The smallest absolute Gasteiger partial charge is 0.261 e. The van der Waals surface area contributed by atoms with Gasteiger partial charge in [-0.25, -0.2) is 4.98 Å². The third-order valence-electron chi connectivity index (χ3n) is 2.08. The Morgan fingerprint density at radius 2 is 2.50 bits per heavy atom. The number of aryl methyl sites for hydroxylation is 1. The molecule has 2 aromatic rings. The number of hydrogen-bond donors (Lipinski definition) is 1. The molecule has 0 saturated carbocycles. The quantitative estimate of drug-likeness (QED) is 0.883. The maximum absolute atomic E-state index is 11.6. The molecule has 1 N–H and O–H groups in total. The Labute approximate surface area is 97.3 Å². The average molecular weight is 236 g/mol. The number of thiophene rings is 1. The van der Waals surface area contributed by atoms with E-state index in [0.29, 0.717) is 18.9 Å². The zero-order valence-electron chi connectivity index (χ0n) is 8.90. The fourth-order valence-electron chi connectivity index (χ4n) is 1.32. The molecule has 0 spiro atoms. The van der Waals surface area contributed by atoms with Crippen LogP contribution >= 0.6 is 11.3 Å².